The van der Waals surface area contributed by atoms with Crippen molar-refractivity contribution in [2.24, 2.45) is 5.16 Å². The number of thiophene rings is 1. The van der Waals surface area contributed by atoms with Crippen LogP contribution in [0.2, 0.25) is 5.02 Å². The van der Waals surface area contributed by atoms with Gasteiger partial charge in [-0.2, -0.15) is 0 Å². The van der Waals surface area contributed by atoms with Gasteiger partial charge in [-0.3, -0.25) is 14.4 Å². The van der Waals surface area contributed by atoms with Crippen molar-refractivity contribution in [3.63, 3.8) is 0 Å². The van der Waals surface area contributed by atoms with Gasteiger partial charge in [-0.25, -0.2) is 4.79 Å². The summed E-state index contributed by atoms with van der Waals surface area (Å²) in [7, 11) is 1.46. The maximum atomic E-state index is 15.3. The third-order valence-corrected chi connectivity index (χ3v) is 13.9. The molecule has 12 nitrogen and oxygen atoms in total. The number of rotatable bonds is 15. The average Bonchev–Trinajstić information content (AvgIpc) is 3.58. The van der Waals surface area contributed by atoms with E-state index in [2.05, 4.69) is 45.4 Å². The van der Waals surface area contributed by atoms with Gasteiger partial charge < -0.3 is 35.2 Å². The first-order valence-corrected chi connectivity index (χ1v) is 22.9. The van der Waals surface area contributed by atoms with Crippen molar-refractivity contribution in [1.82, 2.24) is 20.9 Å². The number of halogens is 1. The number of ether oxygens (including phenoxy) is 2. The number of nitrogens with zero attached hydrogens (tertiary/aromatic N) is 2. The SMILES string of the molecule is CCC[C@@H](NC(=O)[C@@H]1C[C@]2(CC(c3cccc(Cl)c3)=NO2)CN1C(=O)[C@H](Cc1csc2ccccc12)NC(=O)OCC1c2ccccc2-c2ccccc21)C(OC)C(=O)NC1CC1. The number of benzene rings is 4. The van der Waals surface area contributed by atoms with E-state index in [1.807, 2.05) is 73.0 Å². The zero-order valence-corrected chi connectivity index (χ0v) is 36.8. The lowest BCUT2D eigenvalue weighted by Crippen LogP contribution is -2.58. The van der Waals surface area contributed by atoms with Crippen LogP contribution < -0.4 is 16.0 Å². The second-order valence-electron chi connectivity index (χ2n) is 17.0. The average molecular weight is 888 g/mol. The normalized spacial score (nSPS) is 20.3. The van der Waals surface area contributed by atoms with Crippen LogP contribution in [0.4, 0.5) is 4.79 Å². The summed E-state index contributed by atoms with van der Waals surface area (Å²) in [6, 6.07) is 28.7. The second-order valence-corrected chi connectivity index (χ2v) is 18.4. The Morgan fingerprint density at radius 2 is 1.68 bits per heavy atom. The maximum absolute atomic E-state index is 15.3. The fourth-order valence-electron chi connectivity index (χ4n) is 9.40. The Bertz CT molecular complexity index is 2530. The topological polar surface area (TPSA) is 148 Å². The molecule has 14 heteroatoms. The largest absolute Gasteiger partial charge is 0.449 e. The first kappa shape index (κ1) is 42.5. The highest BCUT2D eigenvalue weighted by molar-refractivity contribution is 7.17. The molecule has 4 aromatic carbocycles. The van der Waals surface area contributed by atoms with E-state index in [1.165, 1.54) is 12.0 Å². The van der Waals surface area contributed by atoms with Gasteiger partial charge in [-0.15, -0.1) is 11.3 Å². The van der Waals surface area contributed by atoms with E-state index in [9.17, 15) is 14.4 Å². The molecule has 1 aromatic heterocycles. The summed E-state index contributed by atoms with van der Waals surface area (Å²) in [5, 5.41) is 17.0. The molecule has 0 bridgehead atoms. The zero-order valence-electron chi connectivity index (χ0n) is 35.2. The van der Waals surface area contributed by atoms with E-state index in [0.29, 0.717) is 30.0 Å². The molecule has 326 valence electrons. The molecule has 4 amide bonds. The number of methoxy groups -OCH3 is 1. The molecule has 9 rings (SSSR count). The molecule has 2 aliphatic heterocycles. The zero-order chi connectivity index (χ0) is 43.7. The Balaban J connectivity index is 1.00. The number of oxime groups is 1. The van der Waals surface area contributed by atoms with Crippen molar-refractivity contribution in [2.75, 3.05) is 20.3 Å². The standard InChI is InChI=1S/C49H50ClN5O7S/c1-3-11-39(44(60-2)46(57)51-32-20-21-32)52-45(56)42-25-49(24-41(54-62-49)29-12-10-13-31(50)22-29)28-55(42)47(58)40(23-30-27-63-43-19-9-8-14-33(30)43)53-48(59)61-26-38-36-17-6-4-15-34(36)35-16-5-7-18-37(35)38/h4-10,12-19,22,27,32,38-40,42,44H,3,11,20-21,23-26,28H2,1-2H3,(H,51,57)(H,52,56)(H,53,59)/t39-,40+,42+,44?,49-/m1/s1. The number of likely N-dealkylation sites (tertiary alicyclic amines) is 1. The van der Waals surface area contributed by atoms with E-state index < -0.39 is 47.7 Å². The molecule has 5 atom stereocenters. The molecule has 1 saturated carbocycles. The minimum Gasteiger partial charge on any atom is -0.449 e. The molecule has 1 spiro atoms. The van der Waals surface area contributed by atoms with Gasteiger partial charge >= 0.3 is 6.09 Å². The quantitative estimate of drug-likeness (QED) is 0.0975. The molecule has 0 radical (unpaired) electrons. The molecule has 1 unspecified atom stereocenters. The van der Waals surface area contributed by atoms with Crippen LogP contribution in [-0.4, -0.2) is 90.6 Å². The Kier molecular flexibility index (Phi) is 12.3. The molecule has 4 aliphatic rings. The van der Waals surface area contributed by atoms with Crippen LogP contribution in [0.15, 0.2) is 108 Å². The minimum absolute atomic E-state index is 0.0130. The van der Waals surface area contributed by atoms with Crippen molar-refractivity contribution < 1.29 is 33.5 Å². The summed E-state index contributed by atoms with van der Waals surface area (Å²) in [6.45, 7) is 2.05. The predicted molar refractivity (Wildman–Crippen MR) is 243 cm³/mol. The van der Waals surface area contributed by atoms with E-state index in [0.717, 1.165) is 56.3 Å². The van der Waals surface area contributed by atoms with Gasteiger partial charge in [0.2, 0.25) is 11.8 Å². The molecular formula is C49H50ClN5O7S. The number of carbonyl (C=O) groups is 4. The van der Waals surface area contributed by atoms with Crippen molar-refractivity contribution >= 4 is 62.6 Å². The number of alkyl carbamates (subject to hydrolysis) is 1. The molecule has 3 heterocycles. The number of hydrogen-bond acceptors (Lipinski definition) is 9. The molecule has 2 aliphatic carbocycles. The number of amides is 4. The molecular weight excluding hydrogens is 838 g/mol. The lowest BCUT2D eigenvalue weighted by Gasteiger charge is -2.31. The first-order chi connectivity index (χ1) is 30.6. The minimum atomic E-state index is -1.12. The third-order valence-electron chi connectivity index (χ3n) is 12.6. The first-order valence-electron chi connectivity index (χ1n) is 21.6. The van der Waals surface area contributed by atoms with E-state index in [-0.39, 0.29) is 43.9 Å². The summed E-state index contributed by atoms with van der Waals surface area (Å²) in [5.74, 6) is -1.40. The van der Waals surface area contributed by atoms with E-state index in [4.69, 9.17) is 25.9 Å². The summed E-state index contributed by atoms with van der Waals surface area (Å²) < 4.78 is 12.8. The summed E-state index contributed by atoms with van der Waals surface area (Å²) >= 11 is 7.92. The Morgan fingerprint density at radius 3 is 2.40 bits per heavy atom. The van der Waals surface area contributed by atoms with Gasteiger partial charge in [0.25, 0.3) is 5.91 Å². The second kappa shape index (κ2) is 18.1. The highest BCUT2D eigenvalue weighted by atomic mass is 35.5. The van der Waals surface area contributed by atoms with Crippen molar-refractivity contribution in [2.45, 2.75) is 93.7 Å². The third kappa shape index (κ3) is 8.91. The molecule has 5 aromatic rings. The number of hydrogen-bond donors (Lipinski definition) is 3. The summed E-state index contributed by atoms with van der Waals surface area (Å²) in [5.41, 5.74) is 5.58. The van der Waals surface area contributed by atoms with Crippen LogP contribution in [0, 0.1) is 0 Å². The van der Waals surface area contributed by atoms with Gasteiger partial charge in [0, 0.05) is 53.6 Å². The Hall–Kier alpha value is -5.76. The Morgan fingerprint density at radius 1 is 0.952 bits per heavy atom. The fraction of sp³-hybridized carbons (Fsp3) is 0.367. The van der Waals surface area contributed by atoms with Crippen molar-refractivity contribution in [1.29, 1.82) is 0 Å². The van der Waals surface area contributed by atoms with E-state index >= 15 is 4.79 Å². The number of carbonyl (C=O) groups excluding carboxylic acids is 4. The monoisotopic (exact) mass is 887 g/mol. The smallest absolute Gasteiger partial charge is 0.407 e. The van der Waals surface area contributed by atoms with E-state index in [1.54, 1.807) is 23.5 Å². The van der Waals surface area contributed by atoms with Gasteiger partial charge in [0.15, 0.2) is 11.7 Å². The van der Waals surface area contributed by atoms with Crippen LogP contribution in [0.3, 0.4) is 0 Å². The van der Waals surface area contributed by atoms with Crippen LogP contribution in [0.25, 0.3) is 21.2 Å². The van der Waals surface area contributed by atoms with Gasteiger partial charge in [0.05, 0.1) is 18.3 Å². The summed E-state index contributed by atoms with van der Waals surface area (Å²) in [6.07, 6.45) is 1.81. The maximum Gasteiger partial charge on any atom is 0.407 e. The van der Waals surface area contributed by atoms with Crippen LogP contribution in [0.5, 0.6) is 0 Å². The fourth-order valence-corrected chi connectivity index (χ4v) is 10.6. The van der Waals surface area contributed by atoms with Crippen LogP contribution in [0.1, 0.15) is 73.6 Å². The highest BCUT2D eigenvalue weighted by Crippen LogP contribution is 2.45. The predicted octanol–water partition coefficient (Wildman–Crippen LogP) is 7.75. The van der Waals surface area contributed by atoms with Gasteiger partial charge in [-0.1, -0.05) is 109 Å². The van der Waals surface area contributed by atoms with Gasteiger partial charge in [-0.05, 0) is 76.0 Å². The molecule has 63 heavy (non-hydrogen) atoms. The lowest BCUT2D eigenvalue weighted by atomic mass is 9.91. The molecule has 1 saturated heterocycles. The summed E-state index contributed by atoms with van der Waals surface area (Å²) in [4.78, 5) is 65.2. The van der Waals surface area contributed by atoms with Crippen molar-refractivity contribution in [3.8, 4) is 11.1 Å². The molecule has 2 fully saturated rings. The van der Waals surface area contributed by atoms with Crippen LogP contribution in [-0.2, 0) is 35.1 Å². The van der Waals surface area contributed by atoms with Crippen molar-refractivity contribution in [3.05, 3.63) is 130 Å². The highest BCUT2D eigenvalue weighted by Gasteiger charge is 2.55. The molecule has 3 N–H and O–H groups in total. The lowest BCUT2D eigenvalue weighted by molar-refractivity contribution is -0.142. The van der Waals surface area contributed by atoms with Gasteiger partial charge in [0.1, 0.15) is 18.7 Å². The number of fused-ring (bicyclic) bond motifs is 4. The Labute approximate surface area is 375 Å². The van der Waals surface area contributed by atoms with Crippen LogP contribution >= 0.6 is 22.9 Å². The number of nitrogens with one attached hydrogen (secondary N) is 3.